The normalized spacial score (nSPS) is 11.4. The maximum atomic E-state index is 13.6. The number of nitrogen functional groups attached to an aromatic ring is 1. The average molecular weight is 857 g/mol. The Morgan fingerprint density at radius 2 is 0.871 bits per heavy atom. The summed E-state index contributed by atoms with van der Waals surface area (Å²) in [6.07, 6.45) is 4.07. The molecule has 8 aromatic rings. The smallest absolute Gasteiger partial charge is 0.657 e. The molecule has 303 valence electrons. The summed E-state index contributed by atoms with van der Waals surface area (Å²) >= 11 is 0. The predicted octanol–water partition coefficient (Wildman–Crippen LogP) is 10.9. The van der Waals surface area contributed by atoms with Crippen molar-refractivity contribution in [3.63, 3.8) is 0 Å². The third-order valence-corrected chi connectivity index (χ3v) is 11.1. The Morgan fingerprint density at radius 3 is 1.29 bits per heavy atom. The van der Waals surface area contributed by atoms with Gasteiger partial charge in [0.1, 0.15) is 0 Å². The largest absolute Gasteiger partial charge is 2.00 e. The van der Waals surface area contributed by atoms with Crippen molar-refractivity contribution in [1.29, 1.82) is 0 Å². The van der Waals surface area contributed by atoms with Crippen molar-refractivity contribution in [3.8, 4) is 67.0 Å². The van der Waals surface area contributed by atoms with E-state index in [9.17, 15) is 9.59 Å². The number of nitrogens with two attached hydrogens (primary N) is 1. The second kappa shape index (κ2) is 16.3. The van der Waals surface area contributed by atoms with Crippen LogP contribution in [-0.4, -0.2) is 36.1 Å². The van der Waals surface area contributed by atoms with E-state index in [0.717, 1.165) is 44.8 Å². The molecule has 0 saturated heterocycles. The minimum atomic E-state index is -0.788. The summed E-state index contributed by atoms with van der Waals surface area (Å²) < 4.78 is 10.5. The number of hydrogen-bond donors (Lipinski definition) is 1. The molecule has 1 radical (unpaired) electrons. The summed E-state index contributed by atoms with van der Waals surface area (Å²) in [6.45, 7) is 0. The Hall–Kier alpha value is -7.78. The van der Waals surface area contributed by atoms with Crippen LogP contribution >= 0.6 is 0 Å². The maximum Gasteiger partial charge on any atom is 2.00 e. The summed E-state index contributed by atoms with van der Waals surface area (Å²) in [6, 6.07) is 49.4. The van der Waals surface area contributed by atoms with Gasteiger partial charge in [-0.05, 0) is 62.7 Å². The zero-order chi connectivity index (χ0) is 41.6. The van der Waals surface area contributed by atoms with Crippen molar-refractivity contribution in [1.82, 2.24) is 19.9 Å². The fourth-order valence-corrected chi connectivity index (χ4v) is 8.35. The van der Waals surface area contributed by atoms with Gasteiger partial charge >= 0.3 is 29.0 Å². The van der Waals surface area contributed by atoms with Crippen molar-refractivity contribution in [3.05, 3.63) is 174 Å². The van der Waals surface area contributed by atoms with Crippen molar-refractivity contribution < 1.29 is 36.1 Å². The van der Waals surface area contributed by atoms with Gasteiger partial charge in [-0.25, -0.2) is 19.6 Å². The SMILES string of the molecule is COC(=O)c1cc2c(c(N)c1C(=O)OC)-c1nc-2c(-c2ccccc2)c2ccc([n-]2)c(-c2ccccc2)c2nc(c(-c3ccccc3)c3ccc([n-]3)c1-c1ccccc1)C=C2.[Cu+2]. The van der Waals surface area contributed by atoms with Crippen LogP contribution in [0, 0.1) is 0 Å². The Morgan fingerprint density at radius 1 is 0.484 bits per heavy atom. The molecule has 5 aromatic carbocycles. The quantitative estimate of drug-likeness (QED) is 0.0986. The van der Waals surface area contributed by atoms with Gasteiger partial charge in [0.2, 0.25) is 0 Å². The molecule has 2 aliphatic heterocycles. The predicted molar refractivity (Wildman–Crippen MR) is 241 cm³/mol. The van der Waals surface area contributed by atoms with E-state index in [4.69, 9.17) is 35.1 Å². The first kappa shape index (κ1) is 39.7. The summed E-state index contributed by atoms with van der Waals surface area (Å²) in [5.41, 5.74) is 19.6. The zero-order valence-electron chi connectivity index (χ0n) is 33.4. The first-order chi connectivity index (χ1) is 29.9. The average Bonchev–Trinajstić information content (AvgIpc) is 4.14. The molecular weight excluding hydrogens is 822 g/mol. The van der Waals surface area contributed by atoms with E-state index in [-0.39, 0.29) is 33.9 Å². The molecule has 9 nitrogen and oxygen atoms in total. The van der Waals surface area contributed by atoms with Crippen LogP contribution in [0.1, 0.15) is 32.1 Å². The molecule has 0 amide bonds. The number of benzene rings is 5. The van der Waals surface area contributed by atoms with Gasteiger partial charge in [0.25, 0.3) is 0 Å². The van der Waals surface area contributed by atoms with Gasteiger partial charge in [0, 0.05) is 11.1 Å². The van der Waals surface area contributed by atoms with Crippen molar-refractivity contribution >= 4 is 51.8 Å². The van der Waals surface area contributed by atoms with E-state index in [1.807, 2.05) is 133 Å². The molecule has 0 saturated carbocycles. The molecule has 5 heterocycles. The Balaban J connectivity index is 0.00000490. The number of carbonyl (C=O) groups excluding carboxylic acids is 2. The molecular formula is C52H35CuN5O4. The number of carbonyl (C=O) groups is 2. The first-order valence-corrected chi connectivity index (χ1v) is 19.7. The van der Waals surface area contributed by atoms with Gasteiger partial charge in [-0.3, -0.25) is 0 Å². The fourth-order valence-electron chi connectivity index (χ4n) is 8.35. The number of fused-ring (bicyclic) bond motifs is 11. The van der Waals surface area contributed by atoms with Crippen LogP contribution in [0.5, 0.6) is 0 Å². The van der Waals surface area contributed by atoms with Gasteiger partial charge in [-0.1, -0.05) is 146 Å². The molecule has 10 heteroatoms. The Bertz CT molecular complexity index is 3250. The van der Waals surface area contributed by atoms with E-state index >= 15 is 0 Å². The maximum absolute atomic E-state index is 13.6. The molecule has 0 spiro atoms. The van der Waals surface area contributed by atoms with Crippen LogP contribution in [0.3, 0.4) is 0 Å². The van der Waals surface area contributed by atoms with E-state index in [2.05, 4.69) is 24.3 Å². The number of ether oxygens (including phenoxy) is 2. The molecule has 2 N–H and O–H groups in total. The monoisotopic (exact) mass is 856 g/mol. The summed E-state index contributed by atoms with van der Waals surface area (Å²) in [5.74, 6) is -1.54. The molecule has 0 aliphatic carbocycles. The van der Waals surface area contributed by atoms with Crippen LogP contribution in [0.15, 0.2) is 152 Å². The minimum absolute atomic E-state index is 0. The van der Waals surface area contributed by atoms with Crippen molar-refractivity contribution in [2.24, 2.45) is 0 Å². The number of nitrogens with zero attached hydrogens (tertiary/aromatic N) is 4. The Labute approximate surface area is 367 Å². The van der Waals surface area contributed by atoms with Crippen LogP contribution in [-0.2, 0) is 26.5 Å². The summed E-state index contributed by atoms with van der Waals surface area (Å²) in [4.78, 5) is 48.8. The van der Waals surface area contributed by atoms with E-state index in [1.165, 1.54) is 14.2 Å². The number of methoxy groups -OCH3 is 2. The first-order valence-electron chi connectivity index (χ1n) is 19.7. The molecule has 3 aromatic heterocycles. The third-order valence-electron chi connectivity index (χ3n) is 11.1. The van der Waals surface area contributed by atoms with Crippen LogP contribution in [0.25, 0.3) is 101 Å². The van der Waals surface area contributed by atoms with E-state index in [1.54, 1.807) is 6.07 Å². The molecule has 0 unspecified atom stereocenters. The Kier molecular flexibility index (Phi) is 10.5. The van der Waals surface area contributed by atoms with Crippen LogP contribution < -0.4 is 15.7 Å². The molecule has 62 heavy (non-hydrogen) atoms. The van der Waals surface area contributed by atoms with E-state index < -0.39 is 11.9 Å². The van der Waals surface area contributed by atoms with E-state index in [0.29, 0.717) is 55.7 Å². The molecule has 8 bridgehead atoms. The van der Waals surface area contributed by atoms with Gasteiger partial charge in [0.05, 0.1) is 53.8 Å². The van der Waals surface area contributed by atoms with Gasteiger partial charge in [-0.2, -0.15) is 0 Å². The minimum Gasteiger partial charge on any atom is -0.657 e. The second-order valence-electron chi connectivity index (χ2n) is 14.5. The van der Waals surface area contributed by atoms with Gasteiger partial charge in [-0.15, -0.1) is 22.1 Å². The number of hydrogen-bond acceptors (Lipinski definition) is 7. The van der Waals surface area contributed by atoms with Crippen LogP contribution in [0.4, 0.5) is 5.69 Å². The fraction of sp³-hybridized carbons (Fsp3) is 0.0385. The van der Waals surface area contributed by atoms with Crippen LogP contribution in [0.2, 0.25) is 0 Å². The standard InChI is InChI=1S/C52H37N5O4.Cu/c1-60-51(58)35-29-34-46(48(53)47(35)52(59)61-2)50-45(33-21-13-6-14-22-33)41-28-26-39(56-41)43(31-17-9-4-10-18-31)37-24-23-36(54-37)42(30-15-7-3-8-16-30)38-25-27-40(55-38)44(49(34)57-50)32-19-11-5-12-20-32;/h3-29H,1-2H3,(H4,53,54,55,56,57,58,59);/q;+2/p-2. The number of rotatable bonds is 6. The molecule has 10 rings (SSSR count). The summed E-state index contributed by atoms with van der Waals surface area (Å²) in [5, 5.41) is 0. The topological polar surface area (TPSA) is 133 Å². The van der Waals surface area contributed by atoms with Gasteiger partial charge < -0.3 is 25.2 Å². The number of esters is 2. The molecule has 2 aliphatic rings. The molecule has 0 fully saturated rings. The number of aromatic nitrogens is 4. The number of anilines is 1. The third kappa shape index (κ3) is 6.68. The zero-order valence-corrected chi connectivity index (χ0v) is 34.3. The van der Waals surface area contributed by atoms with Crippen molar-refractivity contribution in [2.75, 3.05) is 20.0 Å². The summed E-state index contributed by atoms with van der Waals surface area (Å²) in [7, 11) is 2.51. The second-order valence-corrected chi connectivity index (χ2v) is 14.5. The van der Waals surface area contributed by atoms with Gasteiger partial charge in [0.15, 0.2) is 0 Å². The molecule has 0 atom stereocenters. The van der Waals surface area contributed by atoms with Crippen molar-refractivity contribution in [2.45, 2.75) is 0 Å².